The van der Waals surface area contributed by atoms with E-state index in [2.05, 4.69) is 11.9 Å². The first-order chi connectivity index (χ1) is 2.81. The molecule has 1 N–H and O–H groups in total. The molecule has 1 atom stereocenters. The molecule has 0 aromatic carbocycles. The number of hydrogen-bond acceptors (Lipinski definition) is 1. The van der Waals surface area contributed by atoms with E-state index in [0.29, 0.717) is 6.04 Å². The van der Waals surface area contributed by atoms with Crippen LogP contribution in [0, 0.1) is 0 Å². The van der Waals surface area contributed by atoms with Crippen molar-refractivity contribution >= 4 is 12.4 Å². The second-order valence-corrected chi connectivity index (χ2v) is 1.31. The molecule has 44 valence electrons. The van der Waals surface area contributed by atoms with E-state index < -0.39 is 0 Å². The number of likely N-dealkylation sites (N-methyl/N-ethyl adjacent to an activating group) is 1. The number of halogens is 1. The van der Waals surface area contributed by atoms with Gasteiger partial charge in [-0.1, -0.05) is 6.08 Å². The fourth-order valence-electron chi connectivity index (χ4n) is 0.118. The smallest absolute Gasteiger partial charge is 0.0216 e. The lowest BCUT2D eigenvalue weighted by Gasteiger charge is -1.98. The van der Waals surface area contributed by atoms with Crippen LogP contribution in [-0.4, -0.2) is 13.1 Å². The summed E-state index contributed by atoms with van der Waals surface area (Å²) in [7, 11) is 1.91. The Morgan fingerprint density at radius 3 is 2.14 bits per heavy atom. The van der Waals surface area contributed by atoms with Gasteiger partial charge in [0.25, 0.3) is 0 Å². The monoisotopic (exact) mass is 121 g/mol. The van der Waals surface area contributed by atoms with Crippen molar-refractivity contribution < 1.29 is 0 Å². The molecule has 0 heterocycles. The van der Waals surface area contributed by atoms with Crippen LogP contribution in [-0.2, 0) is 0 Å². The molecule has 0 aromatic heterocycles. The summed E-state index contributed by atoms with van der Waals surface area (Å²) in [6.07, 6.45) is 1.86. The van der Waals surface area contributed by atoms with E-state index in [9.17, 15) is 0 Å². The third kappa shape index (κ3) is 5.99. The first kappa shape index (κ1) is 10.1. The summed E-state index contributed by atoms with van der Waals surface area (Å²) in [6.45, 7) is 5.62. The molecule has 0 aliphatic carbocycles. The normalized spacial score (nSPS) is 11.7. The highest BCUT2D eigenvalue weighted by atomic mass is 35.5. The van der Waals surface area contributed by atoms with Crippen LogP contribution in [0.15, 0.2) is 12.7 Å². The highest BCUT2D eigenvalue weighted by molar-refractivity contribution is 5.85. The average molecular weight is 122 g/mol. The Balaban J connectivity index is 0. The minimum atomic E-state index is 0. The molecule has 0 saturated heterocycles. The molecule has 0 amide bonds. The maximum Gasteiger partial charge on any atom is 0.0216 e. The van der Waals surface area contributed by atoms with Crippen molar-refractivity contribution in [1.82, 2.24) is 5.32 Å². The molecule has 0 aliphatic heterocycles. The lowest BCUT2D eigenvalue weighted by molar-refractivity contribution is 0.730. The van der Waals surface area contributed by atoms with Gasteiger partial charge in [0.05, 0.1) is 0 Å². The van der Waals surface area contributed by atoms with E-state index >= 15 is 0 Å². The maximum atomic E-state index is 3.57. The van der Waals surface area contributed by atoms with Crippen molar-refractivity contribution in [3.63, 3.8) is 0 Å². The summed E-state index contributed by atoms with van der Waals surface area (Å²) in [5, 5.41) is 3.00. The molecule has 1 unspecified atom stereocenters. The third-order valence-electron chi connectivity index (χ3n) is 0.809. The zero-order chi connectivity index (χ0) is 4.99. The lowest BCUT2D eigenvalue weighted by atomic mass is 10.3. The Kier molecular flexibility index (Phi) is 8.62. The Hall–Kier alpha value is -0.0100. The van der Waals surface area contributed by atoms with Crippen LogP contribution in [0.4, 0.5) is 0 Å². The van der Waals surface area contributed by atoms with Crippen LogP contribution in [0.3, 0.4) is 0 Å². The number of hydrogen-bond donors (Lipinski definition) is 1. The Labute approximate surface area is 51.2 Å². The minimum Gasteiger partial charge on any atom is -0.314 e. The van der Waals surface area contributed by atoms with Gasteiger partial charge in [0.1, 0.15) is 0 Å². The predicted octanol–water partition coefficient (Wildman–Crippen LogP) is 1.20. The van der Waals surface area contributed by atoms with E-state index in [1.165, 1.54) is 0 Å². The summed E-state index contributed by atoms with van der Waals surface area (Å²) in [5.41, 5.74) is 0. The van der Waals surface area contributed by atoms with E-state index in [4.69, 9.17) is 0 Å². The van der Waals surface area contributed by atoms with Gasteiger partial charge in [-0.15, -0.1) is 19.0 Å². The van der Waals surface area contributed by atoms with E-state index in [-0.39, 0.29) is 12.4 Å². The average Bonchev–Trinajstić information content (AvgIpc) is 1.65. The molecule has 2 heteroatoms. The Bertz CT molecular complexity index is 45.3. The van der Waals surface area contributed by atoms with Crippen LogP contribution < -0.4 is 5.32 Å². The molecule has 0 saturated carbocycles. The largest absolute Gasteiger partial charge is 0.314 e. The standard InChI is InChI=1S/C5H11N.ClH/c1-4-5(2)6-3;/h4-6H,1H2,2-3H3;1H. The molecular weight excluding hydrogens is 110 g/mol. The molecule has 0 bridgehead atoms. The molecule has 0 aromatic rings. The van der Waals surface area contributed by atoms with Gasteiger partial charge in [-0.05, 0) is 14.0 Å². The minimum absolute atomic E-state index is 0. The molecule has 7 heavy (non-hydrogen) atoms. The molecular formula is C5H12ClN. The van der Waals surface area contributed by atoms with Crippen molar-refractivity contribution in [3.05, 3.63) is 12.7 Å². The molecule has 1 nitrogen and oxygen atoms in total. The van der Waals surface area contributed by atoms with Gasteiger partial charge in [-0.2, -0.15) is 0 Å². The van der Waals surface area contributed by atoms with Gasteiger partial charge in [0, 0.05) is 6.04 Å². The summed E-state index contributed by atoms with van der Waals surface area (Å²) in [4.78, 5) is 0. The summed E-state index contributed by atoms with van der Waals surface area (Å²) < 4.78 is 0. The van der Waals surface area contributed by atoms with Gasteiger partial charge in [0.15, 0.2) is 0 Å². The highest BCUT2D eigenvalue weighted by Gasteiger charge is 1.81. The summed E-state index contributed by atoms with van der Waals surface area (Å²) in [6, 6.07) is 0.449. The second-order valence-electron chi connectivity index (χ2n) is 1.31. The summed E-state index contributed by atoms with van der Waals surface area (Å²) >= 11 is 0. The Morgan fingerprint density at radius 2 is 2.14 bits per heavy atom. The zero-order valence-corrected chi connectivity index (χ0v) is 5.59. The fourth-order valence-corrected chi connectivity index (χ4v) is 0.118. The van der Waals surface area contributed by atoms with Crippen molar-refractivity contribution in [2.45, 2.75) is 13.0 Å². The third-order valence-corrected chi connectivity index (χ3v) is 0.809. The highest BCUT2D eigenvalue weighted by Crippen LogP contribution is 1.74. The predicted molar refractivity (Wildman–Crippen MR) is 36.0 cm³/mol. The van der Waals surface area contributed by atoms with Gasteiger partial charge in [-0.25, -0.2) is 0 Å². The molecule has 0 aliphatic rings. The first-order valence-electron chi connectivity index (χ1n) is 2.11. The second kappa shape index (κ2) is 5.99. The van der Waals surface area contributed by atoms with Crippen LogP contribution in [0.25, 0.3) is 0 Å². The lowest BCUT2D eigenvalue weighted by Crippen LogP contribution is -2.17. The molecule has 0 fully saturated rings. The first-order valence-corrected chi connectivity index (χ1v) is 2.11. The quantitative estimate of drug-likeness (QED) is 0.542. The number of rotatable bonds is 2. The topological polar surface area (TPSA) is 12.0 Å². The molecule has 0 rings (SSSR count). The maximum absolute atomic E-state index is 3.57. The van der Waals surface area contributed by atoms with Gasteiger partial charge >= 0.3 is 0 Å². The van der Waals surface area contributed by atoms with E-state index in [0.717, 1.165) is 0 Å². The van der Waals surface area contributed by atoms with Crippen molar-refractivity contribution in [2.75, 3.05) is 7.05 Å². The van der Waals surface area contributed by atoms with Crippen LogP contribution in [0.1, 0.15) is 6.92 Å². The van der Waals surface area contributed by atoms with Crippen LogP contribution in [0.2, 0.25) is 0 Å². The van der Waals surface area contributed by atoms with Gasteiger partial charge in [-0.3, -0.25) is 0 Å². The van der Waals surface area contributed by atoms with Gasteiger partial charge < -0.3 is 5.32 Å². The van der Waals surface area contributed by atoms with Crippen LogP contribution in [0.5, 0.6) is 0 Å². The van der Waals surface area contributed by atoms with Crippen molar-refractivity contribution in [2.24, 2.45) is 0 Å². The SMILES string of the molecule is C=CC(C)NC.Cl. The Morgan fingerprint density at radius 1 is 1.71 bits per heavy atom. The molecule has 0 spiro atoms. The van der Waals surface area contributed by atoms with Gasteiger partial charge in [0.2, 0.25) is 0 Å². The van der Waals surface area contributed by atoms with Crippen molar-refractivity contribution in [3.8, 4) is 0 Å². The zero-order valence-electron chi connectivity index (χ0n) is 4.77. The van der Waals surface area contributed by atoms with Crippen LogP contribution >= 0.6 is 12.4 Å². The fraction of sp³-hybridized carbons (Fsp3) is 0.600. The summed E-state index contributed by atoms with van der Waals surface area (Å²) in [5.74, 6) is 0. The van der Waals surface area contributed by atoms with Crippen molar-refractivity contribution in [1.29, 1.82) is 0 Å². The van der Waals surface area contributed by atoms with E-state index in [1.54, 1.807) is 0 Å². The number of nitrogens with one attached hydrogen (secondary N) is 1. The molecule has 0 radical (unpaired) electrons. The van der Waals surface area contributed by atoms with E-state index in [1.807, 2.05) is 20.0 Å².